The molecular weight excluding hydrogens is 426 g/mol. The summed E-state index contributed by atoms with van der Waals surface area (Å²) in [6.07, 6.45) is 10.9. The highest BCUT2D eigenvalue weighted by Gasteiger charge is 2.29. The van der Waals surface area contributed by atoms with E-state index in [1.807, 2.05) is 23.1 Å². The van der Waals surface area contributed by atoms with Crippen LogP contribution in [0.3, 0.4) is 0 Å². The van der Waals surface area contributed by atoms with Gasteiger partial charge in [-0.25, -0.2) is 4.79 Å². The molecule has 3 atom stereocenters. The van der Waals surface area contributed by atoms with Gasteiger partial charge < -0.3 is 15.1 Å². The van der Waals surface area contributed by atoms with Gasteiger partial charge in [-0.1, -0.05) is 74.4 Å². The summed E-state index contributed by atoms with van der Waals surface area (Å²) in [7, 11) is 0. The Morgan fingerprint density at radius 1 is 1.03 bits per heavy atom. The molecule has 5 heteroatoms. The maximum absolute atomic E-state index is 12.4. The minimum absolute atomic E-state index is 0.0125. The molecule has 1 saturated heterocycles. The fourth-order valence-corrected chi connectivity index (χ4v) is 4.53. The number of benzene rings is 2. The molecule has 0 aromatic heterocycles. The van der Waals surface area contributed by atoms with Crippen LogP contribution in [-0.4, -0.2) is 45.7 Å². The maximum Gasteiger partial charge on any atom is 0.335 e. The molecule has 2 aromatic carbocycles. The van der Waals surface area contributed by atoms with Gasteiger partial charge in [0.2, 0.25) is 5.91 Å². The van der Waals surface area contributed by atoms with Crippen LogP contribution in [0.2, 0.25) is 0 Å². The van der Waals surface area contributed by atoms with Crippen molar-refractivity contribution in [3.05, 3.63) is 83.4 Å². The highest BCUT2D eigenvalue weighted by Crippen LogP contribution is 2.22. The molecule has 1 aliphatic heterocycles. The van der Waals surface area contributed by atoms with E-state index >= 15 is 0 Å². The molecule has 0 spiro atoms. The van der Waals surface area contributed by atoms with Crippen molar-refractivity contribution >= 4 is 11.9 Å². The zero-order valence-electron chi connectivity index (χ0n) is 20.1. The lowest BCUT2D eigenvalue weighted by molar-refractivity contribution is -0.128. The van der Waals surface area contributed by atoms with Gasteiger partial charge in [-0.15, -0.1) is 0 Å². The summed E-state index contributed by atoms with van der Waals surface area (Å²) >= 11 is 0. The Balaban J connectivity index is 1.40. The third-order valence-corrected chi connectivity index (χ3v) is 6.80. The molecule has 1 unspecified atom stereocenters. The molecule has 3 rings (SSSR count). The fraction of sp³-hybridized carbons (Fsp3) is 0.448. The van der Waals surface area contributed by atoms with Crippen LogP contribution in [0.15, 0.2) is 66.7 Å². The Labute approximate surface area is 203 Å². The summed E-state index contributed by atoms with van der Waals surface area (Å²) in [6.45, 7) is 2.68. The maximum atomic E-state index is 12.4. The molecule has 182 valence electrons. The molecule has 0 saturated carbocycles. The quantitative estimate of drug-likeness (QED) is 0.313. The highest BCUT2D eigenvalue weighted by atomic mass is 16.4. The van der Waals surface area contributed by atoms with Crippen molar-refractivity contribution in [3.8, 4) is 0 Å². The first kappa shape index (κ1) is 25.7. The average Bonchev–Trinajstić information content (AvgIpc) is 3.20. The van der Waals surface area contributed by atoms with Crippen molar-refractivity contribution in [3.63, 3.8) is 0 Å². The zero-order chi connectivity index (χ0) is 24.3. The van der Waals surface area contributed by atoms with Crippen molar-refractivity contribution in [2.75, 3.05) is 6.54 Å². The lowest BCUT2D eigenvalue weighted by atomic mass is 9.95. The van der Waals surface area contributed by atoms with Crippen molar-refractivity contribution in [1.29, 1.82) is 0 Å². The molecule has 0 radical (unpaired) electrons. The van der Waals surface area contributed by atoms with E-state index in [4.69, 9.17) is 5.11 Å². The first-order valence-corrected chi connectivity index (χ1v) is 12.5. The Morgan fingerprint density at radius 2 is 1.74 bits per heavy atom. The van der Waals surface area contributed by atoms with Crippen LogP contribution in [0.1, 0.15) is 66.9 Å². The predicted molar refractivity (Wildman–Crippen MR) is 135 cm³/mol. The van der Waals surface area contributed by atoms with Crippen molar-refractivity contribution in [1.82, 2.24) is 4.90 Å². The number of aryl methyl sites for hydroxylation is 1. The number of nitrogens with zero attached hydrogens (tertiary/aromatic N) is 1. The van der Waals surface area contributed by atoms with Gasteiger partial charge in [-0.05, 0) is 61.3 Å². The number of likely N-dealkylation sites (tertiary alicyclic amines) is 1. The number of aromatic carboxylic acids is 1. The summed E-state index contributed by atoms with van der Waals surface area (Å²) in [6, 6.07) is 17.4. The van der Waals surface area contributed by atoms with E-state index in [1.165, 1.54) is 12.0 Å². The van der Waals surface area contributed by atoms with E-state index in [0.29, 0.717) is 19.4 Å². The monoisotopic (exact) mass is 463 g/mol. The lowest BCUT2D eigenvalue weighted by Gasteiger charge is -2.23. The molecule has 5 nitrogen and oxygen atoms in total. The number of amides is 1. The molecule has 1 fully saturated rings. The summed E-state index contributed by atoms with van der Waals surface area (Å²) in [5.41, 5.74) is 2.65. The second kappa shape index (κ2) is 13.1. The van der Waals surface area contributed by atoms with Crippen LogP contribution in [-0.2, 0) is 17.6 Å². The van der Waals surface area contributed by atoms with Crippen LogP contribution in [0, 0.1) is 5.92 Å². The van der Waals surface area contributed by atoms with Gasteiger partial charge in [0, 0.05) is 13.0 Å². The number of carbonyl (C=O) groups is 2. The fourth-order valence-electron chi connectivity index (χ4n) is 4.53. The predicted octanol–water partition coefficient (Wildman–Crippen LogP) is 5.27. The standard InChI is InChI=1S/C29H37NO4/c1-22(8-4-2-5-9-23-10-6-3-7-11-23)27(31)18-16-26-17-19-28(32)30(26)21-20-24-12-14-25(15-13-24)29(33)34/h3,6-7,10-16,18,22,26-27,31H,2,4-5,8-9,17,19-21H2,1H3,(H,33,34)/t22-,26?,27+/m0/s1. The van der Waals surface area contributed by atoms with E-state index in [2.05, 4.69) is 31.2 Å². The van der Waals surface area contributed by atoms with Crippen LogP contribution in [0.4, 0.5) is 0 Å². The number of carbonyl (C=O) groups excluding carboxylic acids is 1. The number of hydrogen-bond donors (Lipinski definition) is 2. The normalized spacial score (nSPS) is 17.9. The van der Waals surface area contributed by atoms with E-state index in [9.17, 15) is 14.7 Å². The number of carboxylic acids is 1. The molecule has 0 aliphatic carbocycles. The van der Waals surface area contributed by atoms with Gasteiger partial charge >= 0.3 is 5.97 Å². The van der Waals surface area contributed by atoms with Crippen LogP contribution in [0.25, 0.3) is 0 Å². The number of aliphatic hydroxyl groups is 1. The lowest BCUT2D eigenvalue weighted by Crippen LogP contribution is -2.34. The molecular formula is C29H37NO4. The van der Waals surface area contributed by atoms with Gasteiger partial charge in [0.1, 0.15) is 0 Å². The summed E-state index contributed by atoms with van der Waals surface area (Å²) in [4.78, 5) is 25.3. The molecule has 0 bridgehead atoms. The molecule has 34 heavy (non-hydrogen) atoms. The Bertz CT molecular complexity index is 938. The van der Waals surface area contributed by atoms with Gasteiger partial charge in [0.25, 0.3) is 0 Å². The van der Waals surface area contributed by atoms with Gasteiger partial charge in [0.05, 0.1) is 17.7 Å². The molecule has 2 N–H and O–H groups in total. The average molecular weight is 464 g/mol. The SMILES string of the molecule is C[C@@H](CCCCCc1ccccc1)[C@H](O)C=CC1CCC(=O)N1CCc1ccc(C(=O)O)cc1. The zero-order valence-corrected chi connectivity index (χ0v) is 20.1. The Kier molecular flexibility index (Phi) is 9.89. The minimum atomic E-state index is -0.938. The summed E-state index contributed by atoms with van der Waals surface area (Å²) in [5.74, 6) is -0.615. The number of unbranched alkanes of at least 4 members (excludes halogenated alkanes) is 2. The van der Waals surface area contributed by atoms with Gasteiger partial charge in [-0.3, -0.25) is 4.79 Å². The number of rotatable bonds is 13. The van der Waals surface area contributed by atoms with Gasteiger partial charge in [-0.2, -0.15) is 0 Å². The van der Waals surface area contributed by atoms with E-state index in [1.54, 1.807) is 24.3 Å². The second-order valence-electron chi connectivity index (χ2n) is 9.38. The smallest absolute Gasteiger partial charge is 0.335 e. The first-order valence-electron chi connectivity index (χ1n) is 12.5. The molecule has 2 aromatic rings. The van der Waals surface area contributed by atoms with Crippen molar-refractivity contribution < 1.29 is 19.8 Å². The van der Waals surface area contributed by atoms with Crippen molar-refractivity contribution in [2.45, 2.75) is 70.4 Å². The third kappa shape index (κ3) is 7.84. The van der Waals surface area contributed by atoms with Crippen molar-refractivity contribution in [2.24, 2.45) is 5.92 Å². The first-order chi connectivity index (χ1) is 16.4. The van der Waals surface area contributed by atoms with E-state index in [0.717, 1.165) is 37.7 Å². The molecule has 1 heterocycles. The number of hydrogen-bond acceptors (Lipinski definition) is 3. The van der Waals surface area contributed by atoms with E-state index < -0.39 is 12.1 Å². The largest absolute Gasteiger partial charge is 0.478 e. The number of carboxylic acid groups (broad SMARTS) is 1. The third-order valence-electron chi connectivity index (χ3n) is 6.80. The number of aliphatic hydroxyl groups excluding tert-OH is 1. The molecule has 1 aliphatic rings. The minimum Gasteiger partial charge on any atom is -0.478 e. The highest BCUT2D eigenvalue weighted by molar-refractivity contribution is 5.87. The van der Waals surface area contributed by atoms with E-state index in [-0.39, 0.29) is 23.4 Å². The summed E-state index contributed by atoms with van der Waals surface area (Å²) < 4.78 is 0. The topological polar surface area (TPSA) is 77.8 Å². The Hall–Kier alpha value is -2.92. The Morgan fingerprint density at radius 3 is 2.44 bits per heavy atom. The van der Waals surface area contributed by atoms with Crippen LogP contribution < -0.4 is 0 Å². The van der Waals surface area contributed by atoms with Crippen LogP contribution >= 0.6 is 0 Å². The molecule has 1 amide bonds. The van der Waals surface area contributed by atoms with Gasteiger partial charge in [0.15, 0.2) is 0 Å². The summed E-state index contributed by atoms with van der Waals surface area (Å²) in [5, 5.41) is 19.6. The van der Waals surface area contributed by atoms with Crippen LogP contribution in [0.5, 0.6) is 0 Å². The second-order valence-corrected chi connectivity index (χ2v) is 9.38.